The van der Waals surface area contributed by atoms with Gasteiger partial charge in [0, 0.05) is 5.92 Å². The molecule has 2 atom stereocenters. The van der Waals surface area contributed by atoms with Crippen molar-refractivity contribution < 1.29 is 5.11 Å². The predicted octanol–water partition coefficient (Wildman–Crippen LogP) is 4.75. The molecule has 1 aromatic carbocycles. The van der Waals surface area contributed by atoms with E-state index in [2.05, 4.69) is 37.8 Å². The Morgan fingerprint density at radius 3 is 2.47 bits per heavy atom. The quantitative estimate of drug-likeness (QED) is 0.475. The Kier molecular flexibility index (Phi) is 8.24. The number of rotatable bonds is 10. The van der Waals surface area contributed by atoms with E-state index >= 15 is 0 Å². The maximum Gasteiger partial charge on any atom is 0.0605 e. The molecule has 1 rings (SSSR count). The lowest BCUT2D eigenvalue weighted by atomic mass is 9.91. The fourth-order valence-corrected chi connectivity index (χ4v) is 2.45. The fourth-order valence-electron chi connectivity index (χ4n) is 2.45. The lowest BCUT2D eigenvalue weighted by Gasteiger charge is -2.19. The highest BCUT2D eigenvalue weighted by Crippen LogP contribution is 2.19. The van der Waals surface area contributed by atoms with Crippen molar-refractivity contribution in [2.24, 2.45) is 5.92 Å². The first-order chi connectivity index (χ1) is 9.27. The minimum Gasteiger partial charge on any atom is -0.393 e. The smallest absolute Gasteiger partial charge is 0.0605 e. The van der Waals surface area contributed by atoms with Crippen LogP contribution in [0.5, 0.6) is 0 Å². The van der Waals surface area contributed by atoms with E-state index in [-0.39, 0.29) is 12.0 Å². The second-order valence-corrected chi connectivity index (χ2v) is 5.34. The van der Waals surface area contributed by atoms with Crippen LogP contribution in [0.3, 0.4) is 0 Å². The van der Waals surface area contributed by atoms with E-state index in [1.165, 1.54) is 31.2 Å². The lowest BCUT2D eigenvalue weighted by molar-refractivity contribution is 0.115. The Morgan fingerprint density at radius 2 is 1.84 bits per heavy atom. The van der Waals surface area contributed by atoms with E-state index in [1.807, 2.05) is 12.1 Å². The van der Waals surface area contributed by atoms with Gasteiger partial charge in [0.25, 0.3) is 0 Å². The summed E-state index contributed by atoms with van der Waals surface area (Å²) in [6, 6.07) is 10.4. The Hall–Kier alpha value is -1.08. The highest BCUT2D eigenvalue weighted by Gasteiger charge is 2.15. The zero-order valence-corrected chi connectivity index (χ0v) is 12.2. The fraction of sp³-hybridized carbons (Fsp3) is 0.556. The maximum absolute atomic E-state index is 10.3. The highest BCUT2D eigenvalue weighted by atomic mass is 16.3. The van der Waals surface area contributed by atoms with E-state index in [4.69, 9.17) is 0 Å². The molecule has 0 aliphatic rings. The molecule has 106 valence electrons. The van der Waals surface area contributed by atoms with Crippen molar-refractivity contribution in [2.45, 2.75) is 58.0 Å². The van der Waals surface area contributed by atoms with Crippen LogP contribution < -0.4 is 0 Å². The highest BCUT2D eigenvalue weighted by molar-refractivity contribution is 5.14. The Morgan fingerprint density at radius 1 is 1.11 bits per heavy atom. The molecule has 0 spiro atoms. The average molecular weight is 260 g/mol. The Balaban J connectivity index is 2.28. The molecule has 0 unspecified atom stereocenters. The van der Waals surface area contributed by atoms with Gasteiger partial charge in [-0.05, 0) is 24.8 Å². The van der Waals surface area contributed by atoms with Crippen LogP contribution in [-0.2, 0) is 6.42 Å². The SMILES string of the molecule is C=C[C@H](CCCCCC)[C@@H](O)CCc1ccccc1. The van der Waals surface area contributed by atoms with Crippen molar-refractivity contribution in [3.63, 3.8) is 0 Å². The summed E-state index contributed by atoms with van der Waals surface area (Å²) in [5, 5.41) is 10.3. The Bertz CT molecular complexity index is 331. The molecule has 0 saturated heterocycles. The van der Waals surface area contributed by atoms with Gasteiger partial charge in [-0.1, -0.05) is 69.0 Å². The van der Waals surface area contributed by atoms with Gasteiger partial charge in [-0.25, -0.2) is 0 Å². The van der Waals surface area contributed by atoms with Gasteiger partial charge >= 0.3 is 0 Å². The van der Waals surface area contributed by atoms with Crippen LogP contribution >= 0.6 is 0 Å². The summed E-state index contributed by atoms with van der Waals surface area (Å²) >= 11 is 0. The summed E-state index contributed by atoms with van der Waals surface area (Å²) in [5.74, 6) is 0.251. The molecule has 0 aromatic heterocycles. The van der Waals surface area contributed by atoms with Crippen molar-refractivity contribution in [3.05, 3.63) is 48.6 Å². The lowest BCUT2D eigenvalue weighted by Crippen LogP contribution is -2.19. The number of aryl methyl sites for hydroxylation is 1. The zero-order chi connectivity index (χ0) is 13.9. The summed E-state index contributed by atoms with van der Waals surface area (Å²) in [5.41, 5.74) is 1.30. The van der Waals surface area contributed by atoms with Crippen LogP contribution in [0, 0.1) is 5.92 Å². The molecule has 0 saturated carbocycles. The number of hydrogen-bond donors (Lipinski definition) is 1. The molecule has 1 N–H and O–H groups in total. The van der Waals surface area contributed by atoms with Crippen LogP contribution in [0.4, 0.5) is 0 Å². The number of benzene rings is 1. The third-order valence-electron chi connectivity index (χ3n) is 3.76. The molecule has 1 heteroatoms. The van der Waals surface area contributed by atoms with Crippen molar-refractivity contribution in [1.82, 2.24) is 0 Å². The van der Waals surface area contributed by atoms with E-state index in [9.17, 15) is 5.11 Å². The second-order valence-electron chi connectivity index (χ2n) is 5.34. The van der Waals surface area contributed by atoms with Gasteiger partial charge in [-0.3, -0.25) is 0 Å². The van der Waals surface area contributed by atoms with Gasteiger partial charge < -0.3 is 5.11 Å². The monoisotopic (exact) mass is 260 g/mol. The molecule has 19 heavy (non-hydrogen) atoms. The maximum atomic E-state index is 10.3. The summed E-state index contributed by atoms with van der Waals surface area (Å²) in [4.78, 5) is 0. The van der Waals surface area contributed by atoms with Crippen LogP contribution in [0.15, 0.2) is 43.0 Å². The molecule has 1 nitrogen and oxygen atoms in total. The molecule has 1 aromatic rings. The van der Waals surface area contributed by atoms with E-state index in [0.717, 1.165) is 19.3 Å². The minimum absolute atomic E-state index is 0.251. The minimum atomic E-state index is -0.251. The second kappa shape index (κ2) is 9.80. The zero-order valence-electron chi connectivity index (χ0n) is 12.2. The van der Waals surface area contributed by atoms with Gasteiger partial charge in [0.15, 0.2) is 0 Å². The molecule has 0 amide bonds. The molecule has 0 bridgehead atoms. The largest absolute Gasteiger partial charge is 0.393 e. The van der Waals surface area contributed by atoms with Gasteiger partial charge in [0.2, 0.25) is 0 Å². The summed E-state index contributed by atoms with van der Waals surface area (Å²) < 4.78 is 0. The number of aliphatic hydroxyl groups excluding tert-OH is 1. The van der Waals surface area contributed by atoms with Crippen molar-refractivity contribution in [3.8, 4) is 0 Å². The van der Waals surface area contributed by atoms with Gasteiger partial charge in [0.05, 0.1) is 6.10 Å². The van der Waals surface area contributed by atoms with E-state index in [0.29, 0.717) is 0 Å². The van der Waals surface area contributed by atoms with Crippen molar-refractivity contribution in [1.29, 1.82) is 0 Å². The molecular weight excluding hydrogens is 232 g/mol. The van der Waals surface area contributed by atoms with Crippen LogP contribution in [0.2, 0.25) is 0 Å². The van der Waals surface area contributed by atoms with Crippen LogP contribution in [-0.4, -0.2) is 11.2 Å². The van der Waals surface area contributed by atoms with Crippen LogP contribution in [0.25, 0.3) is 0 Å². The molecule has 0 heterocycles. The van der Waals surface area contributed by atoms with Crippen molar-refractivity contribution in [2.75, 3.05) is 0 Å². The van der Waals surface area contributed by atoms with E-state index in [1.54, 1.807) is 0 Å². The van der Waals surface area contributed by atoms with Gasteiger partial charge in [0.1, 0.15) is 0 Å². The van der Waals surface area contributed by atoms with Gasteiger partial charge in [-0.15, -0.1) is 6.58 Å². The summed E-state index contributed by atoms with van der Waals surface area (Å²) in [7, 11) is 0. The van der Waals surface area contributed by atoms with Gasteiger partial charge in [-0.2, -0.15) is 0 Å². The number of unbranched alkanes of at least 4 members (excludes halogenated alkanes) is 3. The van der Waals surface area contributed by atoms with Crippen LogP contribution in [0.1, 0.15) is 51.0 Å². The molecule has 0 radical (unpaired) electrons. The molecule has 0 fully saturated rings. The standard InChI is InChI=1S/C18H28O/c1-3-5-6-10-13-17(4-2)18(19)15-14-16-11-8-7-9-12-16/h4,7-9,11-12,17-19H,2-3,5-6,10,13-15H2,1H3/t17-,18+/m1/s1. The van der Waals surface area contributed by atoms with Crippen molar-refractivity contribution >= 4 is 0 Å². The Labute approximate surface area is 118 Å². The number of hydrogen-bond acceptors (Lipinski definition) is 1. The summed E-state index contributed by atoms with van der Waals surface area (Å²) in [6.45, 7) is 6.10. The topological polar surface area (TPSA) is 20.2 Å². The molecule has 0 aliphatic carbocycles. The number of aliphatic hydroxyl groups is 1. The van der Waals surface area contributed by atoms with E-state index < -0.39 is 0 Å². The molecular formula is C18H28O. The average Bonchev–Trinajstić information content (AvgIpc) is 2.46. The predicted molar refractivity (Wildman–Crippen MR) is 83.2 cm³/mol. The summed E-state index contributed by atoms with van der Waals surface area (Å²) in [6.07, 6.45) is 9.55. The third-order valence-corrected chi connectivity index (χ3v) is 3.76. The third kappa shape index (κ3) is 6.58. The molecule has 0 aliphatic heterocycles. The first-order valence-corrected chi connectivity index (χ1v) is 7.62. The first-order valence-electron chi connectivity index (χ1n) is 7.62. The normalized spacial score (nSPS) is 14.0. The first kappa shape index (κ1) is 16.0.